The maximum atomic E-state index is 12.8. The molecule has 0 aliphatic carbocycles. The van der Waals surface area contributed by atoms with Crippen LogP contribution < -0.4 is 5.73 Å². The van der Waals surface area contributed by atoms with Gasteiger partial charge in [0, 0.05) is 26.4 Å². The molecular formula is C15H26N4O3. The van der Waals surface area contributed by atoms with Crippen molar-refractivity contribution in [3.8, 4) is 0 Å². The summed E-state index contributed by atoms with van der Waals surface area (Å²) < 4.78 is 12.3. The molecule has 0 aromatic carbocycles. The van der Waals surface area contributed by atoms with Crippen LogP contribution >= 0.6 is 0 Å². The highest BCUT2D eigenvalue weighted by molar-refractivity contribution is 5.83. The van der Waals surface area contributed by atoms with E-state index in [0.717, 1.165) is 12.8 Å². The molecule has 0 unspecified atom stereocenters. The second-order valence-electron chi connectivity index (χ2n) is 6.13. The van der Waals surface area contributed by atoms with Gasteiger partial charge in [-0.25, -0.2) is 0 Å². The van der Waals surface area contributed by atoms with E-state index in [-0.39, 0.29) is 12.0 Å². The number of nitrogens with zero attached hydrogens (tertiary/aromatic N) is 3. The standard InChI is InChI=1S/C15H26N4O3/c1-15(2,19-11-12(16)10-17-19)14(20)18-6-4-13(5-7-18)22-9-8-21-3/h10-11,13H,4-9,16H2,1-3H3. The number of hydrogen-bond donors (Lipinski definition) is 1. The molecule has 1 aliphatic rings. The van der Waals surface area contributed by atoms with Gasteiger partial charge in [0.15, 0.2) is 0 Å². The Morgan fingerprint density at radius 1 is 1.41 bits per heavy atom. The Morgan fingerprint density at radius 3 is 2.64 bits per heavy atom. The van der Waals surface area contributed by atoms with E-state index in [0.29, 0.717) is 32.0 Å². The molecule has 1 saturated heterocycles. The van der Waals surface area contributed by atoms with E-state index in [4.69, 9.17) is 15.2 Å². The van der Waals surface area contributed by atoms with Crippen molar-refractivity contribution in [3.05, 3.63) is 12.4 Å². The molecule has 2 rings (SSSR count). The molecule has 124 valence electrons. The van der Waals surface area contributed by atoms with Crippen molar-refractivity contribution in [1.82, 2.24) is 14.7 Å². The number of nitrogen functional groups attached to an aromatic ring is 1. The molecular weight excluding hydrogens is 284 g/mol. The maximum Gasteiger partial charge on any atom is 0.249 e. The molecule has 2 N–H and O–H groups in total. The van der Waals surface area contributed by atoms with E-state index in [2.05, 4.69) is 5.10 Å². The number of hydrogen-bond acceptors (Lipinski definition) is 5. The highest BCUT2D eigenvalue weighted by atomic mass is 16.5. The highest BCUT2D eigenvalue weighted by Crippen LogP contribution is 2.22. The maximum absolute atomic E-state index is 12.8. The number of carbonyl (C=O) groups is 1. The predicted molar refractivity (Wildman–Crippen MR) is 83.4 cm³/mol. The van der Waals surface area contributed by atoms with Crippen molar-refractivity contribution in [2.45, 2.75) is 38.3 Å². The van der Waals surface area contributed by atoms with Crippen LogP contribution in [-0.4, -0.2) is 60.1 Å². The van der Waals surface area contributed by atoms with Crippen LogP contribution in [0.2, 0.25) is 0 Å². The first-order chi connectivity index (χ1) is 10.4. The van der Waals surface area contributed by atoms with Crippen molar-refractivity contribution in [3.63, 3.8) is 0 Å². The highest BCUT2D eigenvalue weighted by Gasteiger charge is 2.36. The SMILES string of the molecule is COCCOC1CCN(C(=O)C(C)(C)n2cc(N)cn2)CC1. The van der Waals surface area contributed by atoms with E-state index >= 15 is 0 Å². The lowest BCUT2D eigenvalue weighted by atomic mass is 10.0. The zero-order valence-electron chi connectivity index (χ0n) is 13.6. The van der Waals surface area contributed by atoms with Gasteiger partial charge in [0.2, 0.25) is 5.91 Å². The summed E-state index contributed by atoms with van der Waals surface area (Å²) in [5.74, 6) is 0.0611. The van der Waals surface area contributed by atoms with Gasteiger partial charge in [0.1, 0.15) is 5.54 Å². The van der Waals surface area contributed by atoms with Crippen molar-refractivity contribution >= 4 is 11.6 Å². The summed E-state index contributed by atoms with van der Waals surface area (Å²) in [6.45, 7) is 6.35. The number of anilines is 1. The molecule has 1 aliphatic heterocycles. The van der Waals surface area contributed by atoms with Crippen LogP contribution in [0.25, 0.3) is 0 Å². The average Bonchev–Trinajstić information content (AvgIpc) is 2.95. The third-order valence-corrected chi connectivity index (χ3v) is 4.07. The number of methoxy groups -OCH3 is 1. The largest absolute Gasteiger partial charge is 0.396 e. The minimum atomic E-state index is -0.735. The number of carbonyl (C=O) groups excluding carboxylic acids is 1. The number of likely N-dealkylation sites (tertiary alicyclic amines) is 1. The molecule has 1 aromatic rings. The predicted octanol–water partition coefficient (Wildman–Crippen LogP) is 0.854. The van der Waals surface area contributed by atoms with Gasteiger partial charge in [-0.3, -0.25) is 9.48 Å². The Labute approximate surface area is 131 Å². The molecule has 0 radical (unpaired) electrons. The fraction of sp³-hybridized carbons (Fsp3) is 0.733. The van der Waals surface area contributed by atoms with Crippen LogP contribution in [0.3, 0.4) is 0 Å². The zero-order valence-corrected chi connectivity index (χ0v) is 13.6. The fourth-order valence-electron chi connectivity index (χ4n) is 2.65. The van der Waals surface area contributed by atoms with Gasteiger partial charge in [-0.15, -0.1) is 0 Å². The van der Waals surface area contributed by atoms with Crippen LogP contribution in [0.15, 0.2) is 12.4 Å². The van der Waals surface area contributed by atoms with Crippen molar-refractivity contribution in [1.29, 1.82) is 0 Å². The summed E-state index contributed by atoms with van der Waals surface area (Å²) in [6.07, 6.45) is 5.17. The van der Waals surface area contributed by atoms with E-state index in [9.17, 15) is 4.79 Å². The van der Waals surface area contributed by atoms with Gasteiger partial charge in [-0.1, -0.05) is 0 Å². The fourth-order valence-corrected chi connectivity index (χ4v) is 2.65. The molecule has 7 heteroatoms. The summed E-state index contributed by atoms with van der Waals surface area (Å²) in [6, 6.07) is 0. The molecule has 1 aromatic heterocycles. The van der Waals surface area contributed by atoms with Crippen LogP contribution in [0, 0.1) is 0 Å². The van der Waals surface area contributed by atoms with Gasteiger partial charge < -0.3 is 20.1 Å². The normalized spacial score (nSPS) is 17.0. The molecule has 0 atom stereocenters. The summed E-state index contributed by atoms with van der Waals surface area (Å²) in [5, 5.41) is 4.17. The van der Waals surface area contributed by atoms with E-state index in [1.54, 1.807) is 24.2 Å². The number of rotatable bonds is 6. The van der Waals surface area contributed by atoms with Crippen molar-refractivity contribution in [2.24, 2.45) is 0 Å². The van der Waals surface area contributed by atoms with Gasteiger partial charge in [0.25, 0.3) is 0 Å². The molecule has 2 heterocycles. The molecule has 22 heavy (non-hydrogen) atoms. The van der Waals surface area contributed by atoms with Crippen LogP contribution in [0.1, 0.15) is 26.7 Å². The second kappa shape index (κ2) is 7.11. The summed E-state index contributed by atoms with van der Waals surface area (Å²) in [5.41, 5.74) is 5.52. The Balaban J connectivity index is 1.89. The van der Waals surface area contributed by atoms with Crippen molar-refractivity contribution in [2.75, 3.05) is 39.1 Å². The number of nitrogens with two attached hydrogens (primary N) is 1. The average molecular weight is 310 g/mol. The third-order valence-electron chi connectivity index (χ3n) is 4.07. The van der Waals surface area contributed by atoms with E-state index < -0.39 is 5.54 Å². The number of ether oxygens (including phenoxy) is 2. The van der Waals surface area contributed by atoms with Gasteiger partial charge in [-0.2, -0.15) is 5.10 Å². The molecule has 0 bridgehead atoms. The molecule has 7 nitrogen and oxygen atoms in total. The van der Waals surface area contributed by atoms with E-state index in [1.807, 2.05) is 18.7 Å². The number of amides is 1. The topological polar surface area (TPSA) is 82.6 Å². The Bertz CT molecular complexity index is 493. The number of aromatic nitrogens is 2. The van der Waals surface area contributed by atoms with Gasteiger partial charge >= 0.3 is 0 Å². The summed E-state index contributed by atoms with van der Waals surface area (Å²) in [4.78, 5) is 14.6. The number of piperidine rings is 1. The first-order valence-electron chi connectivity index (χ1n) is 7.65. The van der Waals surface area contributed by atoms with E-state index in [1.165, 1.54) is 0 Å². The third kappa shape index (κ3) is 3.78. The summed E-state index contributed by atoms with van der Waals surface area (Å²) >= 11 is 0. The molecule has 0 spiro atoms. The Kier molecular flexibility index (Phi) is 5.42. The van der Waals surface area contributed by atoms with Crippen LogP contribution in [0.5, 0.6) is 0 Å². The minimum absolute atomic E-state index is 0.0611. The molecule has 1 amide bonds. The quantitative estimate of drug-likeness (QED) is 0.788. The Morgan fingerprint density at radius 2 is 2.09 bits per heavy atom. The monoisotopic (exact) mass is 310 g/mol. The van der Waals surface area contributed by atoms with Crippen LogP contribution in [0.4, 0.5) is 5.69 Å². The first kappa shape index (κ1) is 16.8. The van der Waals surface area contributed by atoms with Gasteiger partial charge in [0.05, 0.1) is 31.2 Å². The minimum Gasteiger partial charge on any atom is -0.396 e. The zero-order chi connectivity index (χ0) is 16.2. The van der Waals surface area contributed by atoms with Crippen LogP contribution in [-0.2, 0) is 19.8 Å². The van der Waals surface area contributed by atoms with Gasteiger partial charge in [-0.05, 0) is 26.7 Å². The van der Waals surface area contributed by atoms with Crippen molar-refractivity contribution < 1.29 is 14.3 Å². The lowest BCUT2D eigenvalue weighted by molar-refractivity contribution is -0.142. The molecule has 1 fully saturated rings. The Hall–Kier alpha value is -1.60. The summed E-state index contributed by atoms with van der Waals surface area (Å²) in [7, 11) is 1.66. The lowest BCUT2D eigenvalue weighted by Gasteiger charge is -2.37. The first-order valence-corrected chi connectivity index (χ1v) is 7.65. The smallest absolute Gasteiger partial charge is 0.249 e. The molecule has 0 saturated carbocycles. The lowest BCUT2D eigenvalue weighted by Crippen LogP contribution is -2.50. The second-order valence-corrected chi connectivity index (χ2v) is 6.13.